The van der Waals surface area contributed by atoms with E-state index < -0.39 is 18.3 Å². The lowest BCUT2D eigenvalue weighted by molar-refractivity contribution is -0.169. The summed E-state index contributed by atoms with van der Waals surface area (Å²) in [4.78, 5) is 10.6. The van der Waals surface area contributed by atoms with Crippen LogP contribution in [-0.4, -0.2) is 36.5 Å². The van der Waals surface area contributed by atoms with E-state index >= 15 is 0 Å². The monoisotopic (exact) mass is 245 g/mol. The van der Waals surface area contributed by atoms with Crippen LogP contribution in [0.1, 0.15) is 25.7 Å². The van der Waals surface area contributed by atoms with Crippen molar-refractivity contribution in [3.63, 3.8) is 0 Å². The Bertz CT molecular complexity index is 212. The second-order valence-electron chi connectivity index (χ2n) is 3.32. The van der Waals surface area contributed by atoms with Crippen molar-refractivity contribution in [2.75, 3.05) is 13.2 Å². The summed E-state index contributed by atoms with van der Waals surface area (Å²) in [6.07, 6.45) is -1.62. The molecule has 0 heterocycles. The quantitative estimate of drug-likeness (QED) is 0.503. The first-order chi connectivity index (χ1) is 7.42. The minimum Gasteiger partial charge on any atom is -0.396 e. The van der Waals surface area contributed by atoms with E-state index in [9.17, 15) is 22.4 Å². The second-order valence-corrected chi connectivity index (χ2v) is 3.32. The number of alkyl halides is 4. The van der Waals surface area contributed by atoms with Gasteiger partial charge in [0, 0.05) is 13.2 Å². The first-order valence-corrected chi connectivity index (χ1v) is 4.98. The highest BCUT2D eigenvalue weighted by Gasteiger charge is 2.48. The molecule has 0 fully saturated rings. The highest BCUT2D eigenvalue weighted by Crippen LogP contribution is 2.22. The van der Waals surface area contributed by atoms with Crippen molar-refractivity contribution in [3.05, 3.63) is 0 Å². The maximum atomic E-state index is 12.4. The number of aliphatic hydroxyl groups is 1. The zero-order chi connectivity index (χ0) is 12.6. The van der Waals surface area contributed by atoms with Gasteiger partial charge in [0.25, 0.3) is 5.91 Å². The molecular formula is C9H15F4NO2. The molecule has 0 spiro atoms. The van der Waals surface area contributed by atoms with Gasteiger partial charge in [0.05, 0.1) is 0 Å². The van der Waals surface area contributed by atoms with Crippen molar-refractivity contribution in [2.24, 2.45) is 0 Å². The molecule has 0 saturated carbocycles. The van der Waals surface area contributed by atoms with Crippen molar-refractivity contribution in [1.82, 2.24) is 5.32 Å². The first kappa shape index (κ1) is 15.2. The van der Waals surface area contributed by atoms with Crippen LogP contribution in [0.15, 0.2) is 0 Å². The summed E-state index contributed by atoms with van der Waals surface area (Å²) in [7, 11) is 0. The Morgan fingerprint density at radius 1 is 1.19 bits per heavy atom. The molecule has 0 aliphatic heterocycles. The number of carbonyl (C=O) groups is 1. The number of amides is 1. The van der Waals surface area contributed by atoms with Crippen molar-refractivity contribution in [2.45, 2.75) is 38.0 Å². The van der Waals surface area contributed by atoms with Gasteiger partial charge < -0.3 is 10.4 Å². The molecule has 0 aliphatic carbocycles. The number of carbonyl (C=O) groups excluding carboxylic acids is 1. The lowest BCUT2D eigenvalue weighted by Gasteiger charge is -2.14. The molecule has 0 atom stereocenters. The summed E-state index contributed by atoms with van der Waals surface area (Å²) < 4.78 is 48.1. The van der Waals surface area contributed by atoms with Crippen LogP contribution in [0, 0.1) is 0 Å². The molecule has 0 radical (unpaired) electrons. The molecule has 3 nitrogen and oxygen atoms in total. The standard InChI is InChI=1S/C9H15F4NO2/c10-7(11)9(12,13)8(16)14-5-3-1-2-4-6-15/h7,15H,1-6H2,(H,14,16). The highest BCUT2D eigenvalue weighted by molar-refractivity contribution is 5.83. The fourth-order valence-electron chi connectivity index (χ4n) is 1.01. The second kappa shape index (κ2) is 7.43. The lowest BCUT2D eigenvalue weighted by atomic mass is 10.2. The summed E-state index contributed by atoms with van der Waals surface area (Å²) in [6, 6.07) is 0. The van der Waals surface area contributed by atoms with Gasteiger partial charge in [-0.25, -0.2) is 8.78 Å². The predicted molar refractivity (Wildman–Crippen MR) is 49.5 cm³/mol. The van der Waals surface area contributed by atoms with Crippen molar-refractivity contribution in [1.29, 1.82) is 0 Å². The van der Waals surface area contributed by atoms with Crippen LogP contribution >= 0.6 is 0 Å². The molecule has 0 unspecified atom stereocenters. The number of nitrogens with one attached hydrogen (secondary N) is 1. The van der Waals surface area contributed by atoms with Crippen LogP contribution in [0.3, 0.4) is 0 Å². The Balaban J connectivity index is 3.66. The smallest absolute Gasteiger partial charge is 0.383 e. The molecule has 0 aromatic carbocycles. The molecule has 0 aromatic heterocycles. The summed E-state index contributed by atoms with van der Waals surface area (Å²) >= 11 is 0. The Morgan fingerprint density at radius 2 is 1.75 bits per heavy atom. The molecule has 96 valence electrons. The number of hydrogen-bond donors (Lipinski definition) is 2. The molecule has 1 amide bonds. The predicted octanol–water partition coefficient (Wildman–Crippen LogP) is 1.56. The van der Waals surface area contributed by atoms with Crippen LogP contribution in [0.25, 0.3) is 0 Å². The first-order valence-electron chi connectivity index (χ1n) is 4.98. The molecule has 0 rings (SSSR count). The van der Waals surface area contributed by atoms with Crippen molar-refractivity contribution >= 4 is 5.91 Å². The topological polar surface area (TPSA) is 49.3 Å². The van der Waals surface area contributed by atoms with Gasteiger partial charge in [0.2, 0.25) is 0 Å². The van der Waals surface area contributed by atoms with Gasteiger partial charge in [-0.15, -0.1) is 0 Å². The zero-order valence-corrected chi connectivity index (χ0v) is 8.69. The van der Waals surface area contributed by atoms with E-state index in [0.717, 1.165) is 0 Å². The number of aliphatic hydroxyl groups excluding tert-OH is 1. The van der Waals surface area contributed by atoms with Gasteiger partial charge in [0.1, 0.15) is 0 Å². The summed E-state index contributed by atoms with van der Waals surface area (Å²) in [5.74, 6) is -6.56. The van der Waals surface area contributed by atoms with E-state index in [1.165, 1.54) is 0 Å². The van der Waals surface area contributed by atoms with E-state index in [1.54, 1.807) is 5.32 Å². The molecule has 2 N–H and O–H groups in total. The van der Waals surface area contributed by atoms with E-state index in [-0.39, 0.29) is 13.2 Å². The average Bonchev–Trinajstić information content (AvgIpc) is 2.22. The van der Waals surface area contributed by atoms with Crippen LogP contribution in [0.2, 0.25) is 0 Å². The van der Waals surface area contributed by atoms with Crippen LogP contribution in [0.5, 0.6) is 0 Å². The highest BCUT2D eigenvalue weighted by atomic mass is 19.3. The Morgan fingerprint density at radius 3 is 2.25 bits per heavy atom. The number of rotatable bonds is 8. The van der Waals surface area contributed by atoms with Gasteiger partial charge in [0.15, 0.2) is 0 Å². The molecular weight excluding hydrogens is 230 g/mol. The normalized spacial score (nSPS) is 11.9. The molecule has 16 heavy (non-hydrogen) atoms. The number of hydrogen-bond acceptors (Lipinski definition) is 2. The summed E-state index contributed by atoms with van der Waals surface area (Å²) in [5, 5.41) is 10.2. The zero-order valence-electron chi connectivity index (χ0n) is 8.69. The fourth-order valence-corrected chi connectivity index (χ4v) is 1.01. The molecule has 0 bridgehead atoms. The Kier molecular flexibility index (Phi) is 7.03. The maximum Gasteiger partial charge on any atom is 0.383 e. The van der Waals surface area contributed by atoms with Gasteiger partial charge in [-0.05, 0) is 12.8 Å². The molecule has 0 aromatic rings. The van der Waals surface area contributed by atoms with Crippen LogP contribution < -0.4 is 5.32 Å². The van der Waals surface area contributed by atoms with Crippen LogP contribution in [-0.2, 0) is 4.79 Å². The van der Waals surface area contributed by atoms with Gasteiger partial charge in [-0.1, -0.05) is 12.8 Å². The van der Waals surface area contributed by atoms with E-state index in [1.807, 2.05) is 0 Å². The van der Waals surface area contributed by atoms with Gasteiger partial charge >= 0.3 is 12.3 Å². The average molecular weight is 245 g/mol. The van der Waals surface area contributed by atoms with E-state index in [4.69, 9.17) is 5.11 Å². The fraction of sp³-hybridized carbons (Fsp3) is 0.889. The number of halogens is 4. The van der Waals surface area contributed by atoms with E-state index in [0.29, 0.717) is 25.7 Å². The largest absolute Gasteiger partial charge is 0.396 e. The molecule has 7 heteroatoms. The summed E-state index contributed by atoms with van der Waals surface area (Å²) in [6.45, 7) is -0.0115. The van der Waals surface area contributed by atoms with Gasteiger partial charge in [-0.2, -0.15) is 8.78 Å². The van der Waals surface area contributed by atoms with Crippen LogP contribution in [0.4, 0.5) is 17.6 Å². The Hall–Kier alpha value is -0.850. The maximum absolute atomic E-state index is 12.4. The third kappa shape index (κ3) is 5.29. The SMILES string of the molecule is O=C(NCCCCCCO)C(F)(F)C(F)F. The third-order valence-electron chi connectivity index (χ3n) is 1.95. The molecule has 0 aliphatic rings. The third-order valence-corrected chi connectivity index (χ3v) is 1.95. The van der Waals surface area contributed by atoms with E-state index in [2.05, 4.69) is 0 Å². The lowest BCUT2D eigenvalue weighted by Crippen LogP contribution is -2.45. The summed E-state index contributed by atoms with van der Waals surface area (Å²) in [5.41, 5.74) is 0. The Labute approximate surface area is 90.8 Å². The van der Waals surface area contributed by atoms with Crippen molar-refractivity contribution in [3.8, 4) is 0 Å². The van der Waals surface area contributed by atoms with Crippen molar-refractivity contribution < 1.29 is 27.5 Å². The molecule has 0 saturated heterocycles. The van der Waals surface area contributed by atoms with Gasteiger partial charge in [-0.3, -0.25) is 4.79 Å². The minimum absolute atomic E-state index is 0.0514. The number of unbranched alkanes of at least 4 members (excludes halogenated alkanes) is 3. The minimum atomic E-state index is -4.62.